The summed E-state index contributed by atoms with van der Waals surface area (Å²) in [5.41, 5.74) is 0. The fraction of sp³-hybridized carbons (Fsp3) is 0.939. The van der Waals surface area contributed by atoms with Gasteiger partial charge >= 0.3 is 17.9 Å². The number of unbranched alkanes of at least 4 members (excludes halogenated alkanes) is 34. The zero-order valence-electron chi connectivity index (χ0n) is 37.2. The first kappa shape index (κ1) is 53.4. The van der Waals surface area contributed by atoms with E-state index in [1.54, 1.807) is 0 Å². The average molecular weight is 779 g/mol. The Morgan fingerprint density at radius 1 is 0.291 bits per heavy atom. The molecule has 326 valence electrons. The molecule has 0 heterocycles. The SMILES string of the molecule is CCCCCCCCCCCCCCCCCCC(=O)OCC(COC(=O)CCCCCCCCC)OC(=O)CCCCCCCCCCCCCCCC. The van der Waals surface area contributed by atoms with Crippen molar-refractivity contribution in [1.82, 2.24) is 0 Å². The van der Waals surface area contributed by atoms with Gasteiger partial charge in [0.1, 0.15) is 13.2 Å². The lowest BCUT2D eigenvalue weighted by molar-refractivity contribution is -0.167. The van der Waals surface area contributed by atoms with E-state index in [-0.39, 0.29) is 31.1 Å². The van der Waals surface area contributed by atoms with Crippen LogP contribution in [-0.2, 0) is 28.6 Å². The molecule has 0 aromatic carbocycles. The number of rotatable bonds is 45. The molecule has 0 amide bonds. The third-order valence-corrected chi connectivity index (χ3v) is 11.1. The molecule has 0 saturated carbocycles. The second-order valence-electron chi connectivity index (χ2n) is 16.7. The quantitative estimate of drug-likeness (QED) is 0.0348. The van der Waals surface area contributed by atoms with Gasteiger partial charge in [0.05, 0.1) is 0 Å². The van der Waals surface area contributed by atoms with Gasteiger partial charge in [-0.3, -0.25) is 14.4 Å². The number of ether oxygens (including phenoxy) is 3. The average Bonchev–Trinajstić information content (AvgIpc) is 3.18. The maximum atomic E-state index is 12.7. The lowest BCUT2D eigenvalue weighted by atomic mass is 10.0. The van der Waals surface area contributed by atoms with Crippen LogP contribution >= 0.6 is 0 Å². The van der Waals surface area contributed by atoms with Gasteiger partial charge in [-0.1, -0.05) is 239 Å². The van der Waals surface area contributed by atoms with Gasteiger partial charge in [-0.2, -0.15) is 0 Å². The Balaban J connectivity index is 4.21. The smallest absolute Gasteiger partial charge is 0.306 e. The van der Waals surface area contributed by atoms with E-state index in [4.69, 9.17) is 14.2 Å². The third kappa shape index (κ3) is 43.4. The molecule has 0 aromatic heterocycles. The first-order valence-corrected chi connectivity index (χ1v) is 24.5. The first-order valence-electron chi connectivity index (χ1n) is 24.5. The Hall–Kier alpha value is -1.59. The molecule has 1 atom stereocenters. The summed E-state index contributed by atoms with van der Waals surface area (Å²) in [5.74, 6) is -0.852. The Morgan fingerprint density at radius 3 is 0.727 bits per heavy atom. The third-order valence-electron chi connectivity index (χ3n) is 11.1. The zero-order valence-corrected chi connectivity index (χ0v) is 37.2. The first-order chi connectivity index (χ1) is 27.0. The van der Waals surface area contributed by atoms with E-state index in [0.717, 1.165) is 57.8 Å². The van der Waals surface area contributed by atoms with Gasteiger partial charge in [-0.25, -0.2) is 0 Å². The fourth-order valence-corrected chi connectivity index (χ4v) is 7.38. The molecule has 0 fully saturated rings. The Labute approximate surface area is 342 Å². The molecule has 0 spiro atoms. The van der Waals surface area contributed by atoms with E-state index in [9.17, 15) is 14.4 Å². The minimum Gasteiger partial charge on any atom is -0.462 e. The van der Waals surface area contributed by atoms with E-state index >= 15 is 0 Å². The van der Waals surface area contributed by atoms with Gasteiger partial charge in [-0.05, 0) is 19.3 Å². The van der Waals surface area contributed by atoms with Crippen LogP contribution in [0.5, 0.6) is 0 Å². The second kappa shape index (κ2) is 45.1. The van der Waals surface area contributed by atoms with Crippen molar-refractivity contribution in [1.29, 1.82) is 0 Å². The summed E-state index contributed by atoms with van der Waals surface area (Å²) in [7, 11) is 0. The zero-order chi connectivity index (χ0) is 40.1. The van der Waals surface area contributed by atoms with E-state index in [1.165, 1.54) is 180 Å². The van der Waals surface area contributed by atoms with E-state index < -0.39 is 6.10 Å². The van der Waals surface area contributed by atoms with Crippen LogP contribution in [-0.4, -0.2) is 37.2 Å². The molecule has 0 N–H and O–H groups in total. The molecule has 0 radical (unpaired) electrons. The maximum Gasteiger partial charge on any atom is 0.306 e. The molecule has 6 heteroatoms. The highest BCUT2D eigenvalue weighted by atomic mass is 16.6. The summed E-state index contributed by atoms with van der Waals surface area (Å²) in [6.07, 6.45) is 46.7. The van der Waals surface area contributed by atoms with Gasteiger partial charge in [0.15, 0.2) is 6.10 Å². The van der Waals surface area contributed by atoms with Crippen molar-refractivity contribution in [3.63, 3.8) is 0 Å². The van der Waals surface area contributed by atoms with Crippen LogP contribution in [0.3, 0.4) is 0 Å². The van der Waals surface area contributed by atoms with Crippen molar-refractivity contribution < 1.29 is 28.6 Å². The number of hydrogen-bond donors (Lipinski definition) is 0. The van der Waals surface area contributed by atoms with Gasteiger partial charge in [0.25, 0.3) is 0 Å². The number of esters is 3. The van der Waals surface area contributed by atoms with Crippen molar-refractivity contribution in [2.24, 2.45) is 0 Å². The molecular formula is C49H94O6. The van der Waals surface area contributed by atoms with E-state index in [0.29, 0.717) is 19.3 Å². The van der Waals surface area contributed by atoms with Crippen LogP contribution in [0.2, 0.25) is 0 Å². The van der Waals surface area contributed by atoms with Gasteiger partial charge in [-0.15, -0.1) is 0 Å². The van der Waals surface area contributed by atoms with Gasteiger partial charge < -0.3 is 14.2 Å². The minimum absolute atomic E-state index is 0.0626. The number of hydrogen-bond acceptors (Lipinski definition) is 6. The highest BCUT2D eigenvalue weighted by Crippen LogP contribution is 2.16. The monoisotopic (exact) mass is 779 g/mol. The molecule has 0 rings (SSSR count). The number of carbonyl (C=O) groups excluding carboxylic acids is 3. The van der Waals surface area contributed by atoms with Crippen LogP contribution in [0, 0.1) is 0 Å². The number of carbonyl (C=O) groups is 3. The topological polar surface area (TPSA) is 78.9 Å². The highest BCUT2D eigenvalue weighted by Gasteiger charge is 2.19. The lowest BCUT2D eigenvalue weighted by Crippen LogP contribution is -2.30. The summed E-state index contributed by atoms with van der Waals surface area (Å²) < 4.78 is 16.7. The van der Waals surface area contributed by atoms with Crippen molar-refractivity contribution in [2.75, 3.05) is 13.2 Å². The lowest BCUT2D eigenvalue weighted by Gasteiger charge is -2.18. The summed E-state index contributed by atoms with van der Waals surface area (Å²) in [4.78, 5) is 37.7. The molecular weight excluding hydrogens is 685 g/mol. The summed E-state index contributed by atoms with van der Waals surface area (Å²) in [6.45, 7) is 6.63. The van der Waals surface area contributed by atoms with Crippen molar-refractivity contribution in [3.8, 4) is 0 Å². The molecule has 0 aromatic rings. The molecule has 55 heavy (non-hydrogen) atoms. The molecule has 1 unspecified atom stereocenters. The molecule has 0 bridgehead atoms. The van der Waals surface area contributed by atoms with Crippen molar-refractivity contribution in [2.45, 2.75) is 284 Å². The van der Waals surface area contributed by atoms with E-state index in [2.05, 4.69) is 20.8 Å². The van der Waals surface area contributed by atoms with Crippen LogP contribution in [0.25, 0.3) is 0 Å². The molecule has 6 nitrogen and oxygen atoms in total. The predicted molar refractivity (Wildman–Crippen MR) is 233 cm³/mol. The van der Waals surface area contributed by atoms with Crippen molar-refractivity contribution >= 4 is 17.9 Å². The second-order valence-corrected chi connectivity index (χ2v) is 16.7. The van der Waals surface area contributed by atoms with Crippen LogP contribution in [0.4, 0.5) is 0 Å². The summed E-state index contributed by atoms with van der Waals surface area (Å²) in [5, 5.41) is 0. The predicted octanol–water partition coefficient (Wildman–Crippen LogP) is 15.6. The largest absolute Gasteiger partial charge is 0.462 e. The summed E-state index contributed by atoms with van der Waals surface area (Å²) in [6, 6.07) is 0. The maximum absolute atomic E-state index is 12.7. The molecule has 0 aliphatic carbocycles. The Bertz CT molecular complexity index is 813. The van der Waals surface area contributed by atoms with Crippen LogP contribution in [0.15, 0.2) is 0 Å². The fourth-order valence-electron chi connectivity index (χ4n) is 7.38. The molecule has 0 aliphatic heterocycles. The van der Waals surface area contributed by atoms with Crippen LogP contribution < -0.4 is 0 Å². The Kier molecular flexibility index (Phi) is 43.8. The van der Waals surface area contributed by atoms with Crippen molar-refractivity contribution in [3.05, 3.63) is 0 Å². The molecule has 0 aliphatic rings. The van der Waals surface area contributed by atoms with Gasteiger partial charge in [0.2, 0.25) is 0 Å². The normalized spacial score (nSPS) is 11.8. The standard InChI is InChI=1S/C49H94O6/c1-4-7-10-13-16-18-20-22-24-25-27-28-30-33-36-39-42-48(51)54-45-46(44-53-47(50)41-38-35-32-15-12-9-6-3)55-49(52)43-40-37-34-31-29-26-23-21-19-17-14-11-8-5-2/h46H,4-45H2,1-3H3. The van der Waals surface area contributed by atoms with Crippen LogP contribution in [0.1, 0.15) is 278 Å². The Morgan fingerprint density at radius 2 is 0.491 bits per heavy atom. The minimum atomic E-state index is -0.758. The summed E-state index contributed by atoms with van der Waals surface area (Å²) >= 11 is 0. The van der Waals surface area contributed by atoms with E-state index in [1.807, 2.05) is 0 Å². The van der Waals surface area contributed by atoms with Gasteiger partial charge in [0, 0.05) is 19.3 Å². The molecule has 0 saturated heterocycles. The highest BCUT2D eigenvalue weighted by molar-refractivity contribution is 5.71.